The number of carbonyl (C=O) groups is 3. The van der Waals surface area contributed by atoms with Crippen molar-refractivity contribution in [2.75, 3.05) is 6.54 Å². The average molecular weight is 327 g/mol. The lowest BCUT2D eigenvalue weighted by molar-refractivity contribution is -0.149. The molecule has 1 aliphatic heterocycles. The minimum absolute atomic E-state index is 0.0386. The van der Waals surface area contributed by atoms with Crippen molar-refractivity contribution >= 4 is 17.8 Å². The molecule has 23 heavy (non-hydrogen) atoms. The second-order valence-corrected chi connectivity index (χ2v) is 6.99. The third-order valence-electron chi connectivity index (χ3n) is 4.16. The molecule has 1 fully saturated rings. The maximum absolute atomic E-state index is 12.7. The maximum Gasteiger partial charge on any atom is 0.326 e. The maximum atomic E-state index is 12.7. The number of nitrogens with zero attached hydrogens (tertiary/aromatic N) is 1. The zero-order valence-electron chi connectivity index (χ0n) is 14.4. The number of hydrogen-bond donors (Lipinski definition) is 3. The van der Waals surface area contributed by atoms with Gasteiger partial charge in [0.25, 0.3) is 0 Å². The lowest BCUT2D eigenvalue weighted by Crippen LogP contribution is -2.55. The monoisotopic (exact) mass is 327 g/mol. The van der Waals surface area contributed by atoms with Crippen molar-refractivity contribution in [3.8, 4) is 0 Å². The van der Waals surface area contributed by atoms with E-state index in [0.717, 1.165) is 0 Å². The lowest BCUT2D eigenvalue weighted by Gasteiger charge is -2.29. The molecule has 3 atom stereocenters. The van der Waals surface area contributed by atoms with E-state index in [1.807, 2.05) is 27.7 Å². The van der Waals surface area contributed by atoms with Gasteiger partial charge in [0.15, 0.2) is 0 Å². The van der Waals surface area contributed by atoms with Gasteiger partial charge in [-0.1, -0.05) is 27.7 Å². The molecule has 1 aliphatic rings. The van der Waals surface area contributed by atoms with Gasteiger partial charge in [-0.2, -0.15) is 0 Å². The third kappa shape index (κ3) is 5.20. The van der Waals surface area contributed by atoms with Gasteiger partial charge in [-0.15, -0.1) is 0 Å². The Labute approximate surface area is 137 Å². The Morgan fingerprint density at radius 2 is 1.87 bits per heavy atom. The number of likely N-dealkylation sites (tertiary alicyclic amines) is 1. The number of carboxylic acid groups (broad SMARTS) is 1. The average Bonchev–Trinajstić information content (AvgIpc) is 2.93. The molecule has 1 heterocycles. The molecular weight excluding hydrogens is 298 g/mol. The fourth-order valence-electron chi connectivity index (χ4n) is 2.75. The van der Waals surface area contributed by atoms with Gasteiger partial charge in [0.2, 0.25) is 11.8 Å². The van der Waals surface area contributed by atoms with Crippen molar-refractivity contribution in [2.45, 2.75) is 65.1 Å². The van der Waals surface area contributed by atoms with Crippen LogP contribution in [-0.2, 0) is 14.4 Å². The second-order valence-electron chi connectivity index (χ2n) is 6.99. The summed E-state index contributed by atoms with van der Waals surface area (Å²) in [6.45, 7) is 7.99. The van der Waals surface area contributed by atoms with E-state index in [2.05, 4.69) is 5.32 Å². The molecule has 4 N–H and O–H groups in total. The Morgan fingerprint density at radius 1 is 1.26 bits per heavy atom. The van der Waals surface area contributed by atoms with Gasteiger partial charge < -0.3 is 21.1 Å². The number of nitrogens with two attached hydrogens (primary N) is 1. The Morgan fingerprint density at radius 3 is 2.35 bits per heavy atom. The van der Waals surface area contributed by atoms with Crippen molar-refractivity contribution in [1.82, 2.24) is 10.2 Å². The van der Waals surface area contributed by atoms with Gasteiger partial charge in [0.1, 0.15) is 12.1 Å². The van der Waals surface area contributed by atoms with Crippen LogP contribution in [0.2, 0.25) is 0 Å². The summed E-state index contributed by atoms with van der Waals surface area (Å²) in [6, 6.07) is -2.22. The highest BCUT2D eigenvalue weighted by Crippen LogP contribution is 2.20. The van der Waals surface area contributed by atoms with Crippen LogP contribution in [0.25, 0.3) is 0 Å². The van der Waals surface area contributed by atoms with E-state index in [9.17, 15) is 19.5 Å². The van der Waals surface area contributed by atoms with E-state index in [4.69, 9.17) is 5.73 Å². The van der Waals surface area contributed by atoms with Crippen molar-refractivity contribution in [3.63, 3.8) is 0 Å². The van der Waals surface area contributed by atoms with E-state index in [1.54, 1.807) is 0 Å². The first-order chi connectivity index (χ1) is 10.6. The molecule has 0 aliphatic carbocycles. The number of aliphatic carboxylic acids is 1. The van der Waals surface area contributed by atoms with Crippen molar-refractivity contribution in [3.05, 3.63) is 0 Å². The summed E-state index contributed by atoms with van der Waals surface area (Å²) in [6.07, 6.45) is 1.57. The topological polar surface area (TPSA) is 113 Å². The summed E-state index contributed by atoms with van der Waals surface area (Å²) in [5.41, 5.74) is 5.84. The Hall–Kier alpha value is -1.63. The fraction of sp³-hybridized carbons (Fsp3) is 0.812. The summed E-state index contributed by atoms with van der Waals surface area (Å²) >= 11 is 0. The van der Waals surface area contributed by atoms with Crippen molar-refractivity contribution in [2.24, 2.45) is 17.6 Å². The number of nitrogens with one attached hydrogen (secondary N) is 1. The fourth-order valence-corrected chi connectivity index (χ4v) is 2.75. The molecule has 0 aromatic heterocycles. The van der Waals surface area contributed by atoms with Crippen LogP contribution in [0.1, 0.15) is 47.0 Å². The summed E-state index contributed by atoms with van der Waals surface area (Å²) in [5, 5.41) is 12.0. The van der Waals surface area contributed by atoms with Gasteiger partial charge in [-0.05, 0) is 31.1 Å². The van der Waals surface area contributed by atoms with Gasteiger partial charge in [-0.3, -0.25) is 9.59 Å². The predicted molar refractivity (Wildman–Crippen MR) is 86.6 cm³/mol. The summed E-state index contributed by atoms with van der Waals surface area (Å²) in [4.78, 5) is 37.6. The number of carboxylic acids is 1. The smallest absolute Gasteiger partial charge is 0.326 e. The first-order valence-electron chi connectivity index (χ1n) is 8.24. The molecule has 7 nitrogen and oxygen atoms in total. The number of carbonyl (C=O) groups excluding carboxylic acids is 2. The molecule has 0 bridgehead atoms. The van der Waals surface area contributed by atoms with Crippen LogP contribution in [0, 0.1) is 11.8 Å². The first kappa shape index (κ1) is 19.4. The summed E-state index contributed by atoms with van der Waals surface area (Å²) < 4.78 is 0. The number of hydrogen-bond acceptors (Lipinski definition) is 4. The van der Waals surface area contributed by atoms with Crippen molar-refractivity contribution < 1.29 is 19.5 Å². The highest BCUT2D eigenvalue weighted by Gasteiger charge is 2.38. The molecule has 1 rings (SSSR count). The van der Waals surface area contributed by atoms with Crippen LogP contribution in [0.4, 0.5) is 0 Å². The third-order valence-corrected chi connectivity index (χ3v) is 4.16. The van der Waals surface area contributed by atoms with Gasteiger partial charge >= 0.3 is 5.97 Å². The minimum Gasteiger partial charge on any atom is -0.480 e. The van der Waals surface area contributed by atoms with Crippen LogP contribution in [0.15, 0.2) is 0 Å². The lowest BCUT2D eigenvalue weighted by atomic mass is 10.00. The first-order valence-corrected chi connectivity index (χ1v) is 8.24. The summed E-state index contributed by atoms with van der Waals surface area (Å²) in [5.74, 6) is -1.55. The largest absolute Gasteiger partial charge is 0.480 e. The van der Waals surface area contributed by atoms with Crippen LogP contribution < -0.4 is 11.1 Å². The molecule has 132 valence electrons. The van der Waals surface area contributed by atoms with Gasteiger partial charge in [0, 0.05) is 6.54 Å². The van der Waals surface area contributed by atoms with E-state index < -0.39 is 24.1 Å². The van der Waals surface area contributed by atoms with Gasteiger partial charge in [0.05, 0.1) is 6.04 Å². The molecule has 7 heteroatoms. The van der Waals surface area contributed by atoms with E-state index in [-0.39, 0.29) is 23.7 Å². The normalized spacial score (nSPS) is 20.7. The molecule has 0 saturated carbocycles. The molecule has 1 saturated heterocycles. The summed E-state index contributed by atoms with van der Waals surface area (Å²) in [7, 11) is 0. The zero-order chi connectivity index (χ0) is 17.7. The number of amides is 2. The predicted octanol–water partition coefficient (Wildman–Crippen LogP) is 0.576. The molecule has 3 unspecified atom stereocenters. The van der Waals surface area contributed by atoms with Crippen LogP contribution in [0.5, 0.6) is 0 Å². The Bertz CT molecular complexity index is 451. The SMILES string of the molecule is CC(C)CC(NC(=O)C(N)C(C)C)C(=O)N1CCCC1C(=O)O. The molecule has 0 aromatic carbocycles. The van der Waals surface area contributed by atoms with Crippen molar-refractivity contribution in [1.29, 1.82) is 0 Å². The molecule has 2 amide bonds. The van der Waals surface area contributed by atoms with E-state index in [0.29, 0.717) is 25.8 Å². The standard InChI is InChI=1S/C16H29N3O4/c1-9(2)8-11(18-14(20)13(17)10(3)4)15(21)19-7-5-6-12(19)16(22)23/h9-13H,5-8,17H2,1-4H3,(H,18,20)(H,22,23). The molecule has 0 spiro atoms. The van der Waals surface area contributed by atoms with E-state index in [1.165, 1.54) is 4.90 Å². The molecule has 0 radical (unpaired) electrons. The van der Waals surface area contributed by atoms with Gasteiger partial charge in [-0.25, -0.2) is 4.79 Å². The van der Waals surface area contributed by atoms with Crippen LogP contribution in [0.3, 0.4) is 0 Å². The minimum atomic E-state index is -0.996. The zero-order valence-corrected chi connectivity index (χ0v) is 14.4. The quantitative estimate of drug-likeness (QED) is 0.633. The van der Waals surface area contributed by atoms with Crippen LogP contribution >= 0.6 is 0 Å². The Balaban J connectivity index is 2.86. The second kappa shape index (κ2) is 8.29. The highest BCUT2D eigenvalue weighted by atomic mass is 16.4. The highest BCUT2D eigenvalue weighted by molar-refractivity contribution is 5.92. The molecular formula is C16H29N3O4. The van der Waals surface area contributed by atoms with Crippen LogP contribution in [-0.4, -0.2) is 52.5 Å². The number of rotatable bonds is 7. The van der Waals surface area contributed by atoms with E-state index >= 15 is 0 Å². The Kier molecular flexibility index (Phi) is 7.00. The molecule has 0 aromatic rings.